The molecule has 1 aromatic carbocycles. The van der Waals surface area contributed by atoms with E-state index in [1.165, 1.54) is 18.2 Å². The molecule has 0 fully saturated rings. The van der Waals surface area contributed by atoms with Crippen molar-refractivity contribution in [3.05, 3.63) is 28.8 Å². The molecule has 2 N–H and O–H groups in total. The van der Waals surface area contributed by atoms with E-state index in [0.717, 1.165) is 0 Å². The van der Waals surface area contributed by atoms with Crippen molar-refractivity contribution in [3.8, 4) is 6.07 Å². The number of hydrogen-bond acceptors (Lipinski definition) is 4. The van der Waals surface area contributed by atoms with E-state index in [2.05, 4.69) is 4.72 Å². The molecule has 114 valence electrons. The fourth-order valence-corrected chi connectivity index (χ4v) is 3.24. The van der Waals surface area contributed by atoms with E-state index in [0.29, 0.717) is 19.3 Å². The topological polar surface area (TPSA) is 107 Å². The number of nitriles is 1. The number of halogens is 1. The summed E-state index contributed by atoms with van der Waals surface area (Å²) in [6.45, 7) is 0.190. The van der Waals surface area contributed by atoms with Crippen LogP contribution in [-0.4, -0.2) is 26.0 Å². The van der Waals surface area contributed by atoms with Gasteiger partial charge in [0, 0.05) is 13.0 Å². The second-order valence-electron chi connectivity index (χ2n) is 4.36. The zero-order valence-corrected chi connectivity index (χ0v) is 12.7. The predicted octanol–water partition coefficient (Wildman–Crippen LogP) is 2.13. The number of unbranched alkanes of at least 4 members (excludes halogenated alkanes) is 2. The third-order valence-electron chi connectivity index (χ3n) is 2.71. The average molecular weight is 331 g/mol. The zero-order valence-electron chi connectivity index (χ0n) is 11.2. The molecule has 0 aliphatic rings. The summed E-state index contributed by atoms with van der Waals surface area (Å²) in [7, 11) is -3.78. The molecule has 21 heavy (non-hydrogen) atoms. The third kappa shape index (κ3) is 5.71. The molecule has 0 aliphatic carbocycles. The van der Waals surface area contributed by atoms with Crippen LogP contribution in [0.25, 0.3) is 0 Å². The maximum atomic E-state index is 12.1. The number of carboxylic acid groups (broad SMARTS) is 1. The van der Waals surface area contributed by atoms with Crippen molar-refractivity contribution in [1.29, 1.82) is 5.26 Å². The van der Waals surface area contributed by atoms with Crippen LogP contribution in [0.3, 0.4) is 0 Å². The number of nitrogens with one attached hydrogen (secondary N) is 1. The van der Waals surface area contributed by atoms with Gasteiger partial charge in [0.15, 0.2) is 0 Å². The van der Waals surface area contributed by atoms with Crippen LogP contribution in [0.4, 0.5) is 0 Å². The van der Waals surface area contributed by atoms with Crippen LogP contribution >= 0.6 is 11.6 Å². The fraction of sp³-hybridized carbons (Fsp3) is 0.385. The van der Waals surface area contributed by atoms with Gasteiger partial charge in [-0.3, -0.25) is 4.79 Å². The Morgan fingerprint density at radius 3 is 2.67 bits per heavy atom. The molecule has 0 bridgehead atoms. The second kappa shape index (κ2) is 7.98. The van der Waals surface area contributed by atoms with Gasteiger partial charge in [0.2, 0.25) is 10.0 Å². The lowest BCUT2D eigenvalue weighted by Crippen LogP contribution is -2.25. The lowest BCUT2D eigenvalue weighted by atomic mass is 10.2. The molecular weight excluding hydrogens is 316 g/mol. The van der Waals surface area contributed by atoms with Gasteiger partial charge >= 0.3 is 5.97 Å². The minimum atomic E-state index is -3.78. The van der Waals surface area contributed by atoms with E-state index >= 15 is 0 Å². The SMILES string of the molecule is N#Cc1ccc(Cl)c(S(=O)(=O)NCCCCCC(=O)O)c1. The number of carboxylic acids is 1. The standard InChI is InChI=1S/C13H15ClN2O4S/c14-11-6-5-10(9-15)8-12(11)21(19,20)16-7-3-1-2-4-13(17)18/h5-6,8,16H,1-4,7H2,(H,17,18). The Labute approximate surface area is 128 Å². The molecule has 0 radical (unpaired) electrons. The summed E-state index contributed by atoms with van der Waals surface area (Å²) < 4.78 is 26.5. The monoisotopic (exact) mass is 330 g/mol. The Morgan fingerprint density at radius 1 is 1.33 bits per heavy atom. The first kappa shape index (κ1) is 17.4. The number of sulfonamides is 1. The van der Waals surface area contributed by atoms with Gasteiger partial charge in [-0.2, -0.15) is 5.26 Å². The summed E-state index contributed by atoms with van der Waals surface area (Å²) >= 11 is 5.84. The Morgan fingerprint density at radius 2 is 2.05 bits per heavy atom. The van der Waals surface area contributed by atoms with E-state index in [-0.39, 0.29) is 28.4 Å². The Hall–Kier alpha value is -1.62. The van der Waals surface area contributed by atoms with Gasteiger partial charge in [-0.15, -0.1) is 0 Å². The quantitative estimate of drug-likeness (QED) is 0.710. The molecule has 0 saturated carbocycles. The zero-order chi connectivity index (χ0) is 15.9. The molecule has 0 spiro atoms. The number of benzene rings is 1. The van der Waals surface area contributed by atoms with Crippen molar-refractivity contribution in [2.75, 3.05) is 6.54 Å². The van der Waals surface area contributed by atoms with E-state index in [4.69, 9.17) is 22.0 Å². The lowest BCUT2D eigenvalue weighted by molar-refractivity contribution is -0.137. The van der Waals surface area contributed by atoms with Crippen molar-refractivity contribution in [2.45, 2.75) is 30.6 Å². The normalized spacial score (nSPS) is 11.0. The lowest BCUT2D eigenvalue weighted by Gasteiger charge is -2.08. The van der Waals surface area contributed by atoms with Gasteiger partial charge in [0.25, 0.3) is 0 Å². The first-order valence-electron chi connectivity index (χ1n) is 6.28. The molecule has 0 amide bonds. The third-order valence-corrected chi connectivity index (χ3v) is 4.65. The highest BCUT2D eigenvalue weighted by atomic mass is 35.5. The largest absolute Gasteiger partial charge is 0.481 e. The first-order chi connectivity index (χ1) is 9.86. The highest BCUT2D eigenvalue weighted by molar-refractivity contribution is 7.89. The van der Waals surface area contributed by atoms with Crippen LogP contribution < -0.4 is 4.72 Å². The Kier molecular flexibility index (Phi) is 6.62. The Balaban J connectivity index is 2.58. The molecule has 0 aromatic heterocycles. The highest BCUT2D eigenvalue weighted by Gasteiger charge is 2.17. The van der Waals surface area contributed by atoms with Gasteiger partial charge in [0.1, 0.15) is 4.90 Å². The molecule has 6 nitrogen and oxygen atoms in total. The summed E-state index contributed by atoms with van der Waals surface area (Å²) in [5, 5.41) is 17.3. The summed E-state index contributed by atoms with van der Waals surface area (Å²) in [5.74, 6) is -0.865. The first-order valence-corrected chi connectivity index (χ1v) is 8.14. The molecule has 1 rings (SSSR count). The van der Waals surface area contributed by atoms with Crippen molar-refractivity contribution in [2.24, 2.45) is 0 Å². The van der Waals surface area contributed by atoms with E-state index in [1.807, 2.05) is 6.07 Å². The molecule has 0 saturated heterocycles. The predicted molar refractivity (Wildman–Crippen MR) is 77.5 cm³/mol. The Bertz CT molecular complexity index is 653. The summed E-state index contributed by atoms with van der Waals surface area (Å²) in [6, 6.07) is 5.87. The van der Waals surface area contributed by atoms with Crippen molar-refractivity contribution in [3.63, 3.8) is 0 Å². The van der Waals surface area contributed by atoms with E-state index < -0.39 is 16.0 Å². The molecule has 0 unspecified atom stereocenters. The van der Waals surface area contributed by atoms with Crippen LogP contribution in [-0.2, 0) is 14.8 Å². The number of aliphatic carboxylic acids is 1. The van der Waals surface area contributed by atoms with Gasteiger partial charge in [-0.1, -0.05) is 18.0 Å². The highest BCUT2D eigenvalue weighted by Crippen LogP contribution is 2.22. The summed E-state index contributed by atoms with van der Waals surface area (Å²) in [6.07, 6.45) is 1.72. The number of nitrogens with zero attached hydrogens (tertiary/aromatic N) is 1. The van der Waals surface area contributed by atoms with Crippen LogP contribution in [0, 0.1) is 11.3 Å². The average Bonchev–Trinajstić information content (AvgIpc) is 2.42. The molecule has 0 heterocycles. The molecule has 1 aromatic rings. The van der Waals surface area contributed by atoms with Crippen LogP contribution in [0.1, 0.15) is 31.2 Å². The smallest absolute Gasteiger partial charge is 0.303 e. The molecule has 0 atom stereocenters. The van der Waals surface area contributed by atoms with E-state index in [1.54, 1.807) is 0 Å². The number of carbonyl (C=O) groups is 1. The number of rotatable bonds is 8. The summed E-state index contributed by atoms with van der Waals surface area (Å²) in [4.78, 5) is 10.2. The van der Waals surface area contributed by atoms with Crippen LogP contribution in [0.2, 0.25) is 5.02 Å². The van der Waals surface area contributed by atoms with Crippen molar-refractivity contribution < 1.29 is 18.3 Å². The molecule has 0 aliphatic heterocycles. The minimum Gasteiger partial charge on any atom is -0.481 e. The fourth-order valence-electron chi connectivity index (χ4n) is 1.64. The maximum Gasteiger partial charge on any atom is 0.303 e. The van der Waals surface area contributed by atoms with Gasteiger partial charge in [-0.25, -0.2) is 13.1 Å². The molecule has 8 heteroatoms. The van der Waals surface area contributed by atoms with Crippen molar-refractivity contribution in [1.82, 2.24) is 4.72 Å². The molecular formula is C13H15ClN2O4S. The van der Waals surface area contributed by atoms with Gasteiger partial charge < -0.3 is 5.11 Å². The number of hydrogen-bond donors (Lipinski definition) is 2. The van der Waals surface area contributed by atoms with Gasteiger partial charge in [0.05, 0.1) is 16.7 Å². The van der Waals surface area contributed by atoms with Crippen LogP contribution in [0.5, 0.6) is 0 Å². The minimum absolute atomic E-state index is 0.0485. The summed E-state index contributed by atoms with van der Waals surface area (Å²) in [5.41, 5.74) is 0.209. The van der Waals surface area contributed by atoms with Gasteiger partial charge in [-0.05, 0) is 31.0 Å². The van der Waals surface area contributed by atoms with Crippen LogP contribution in [0.15, 0.2) is 23.1 Å². The maximum absolute atomic E-state index is 12.1. The van der Waals surface area contributed by atoms with E-state index in [9.17, 15) is 13.2 Å². The second-order valence-corrected chi connectivity index (χ2v) is 6.50. The van der Waals surface area contributed by atoms with Crippen molar-refractivity contribution >= 4 is 27.6 Å².